The molecule has 0 saturated carbocycles. The van der Waals surface area contributed by atoms with Gasteiger partial charge < -0.3 is 18.8 Å². The van der Waals surface area contributed by atoms with Gasteiger partial charge in [0, 0.05) is 40.6 Å². The zero-order chi connectivity index (χ0) is 33.2. The first-order valence-corrected chi connectivity index (χ1v) is 17.0. The Morgan fingerprint density at radius 1 is 0.854 bits per heavy atom. The molecule has 0 spiro atoms. The number of hydrogen-bond acceptors (Lipinski definition) is 7. The van der Waals surface area contributed by atoms with E-state index in [0.29, 0.717) is 17.7 Å². The number of carbonyl (C=O) groups excluding carboxylic acids is 1. The Kier molecular flexibility index (Phi) is 10.8. The van der Waals surface area contributed by atoms with Crippen LogP contribution in [0.3, 0.4) is 0 Å². The zero-order valence-electron chi connectivity index (χ0n) is 27.4. The summed E-state index contributed by atoms with van der Waals surface area (Å²) < 4.78 is 44.6. The minimum atomic E-state index is -4.40. The van der Waals surface area contributed by atoms with Crippen molar-refractivity contribution in [3.8, 4) is 22.6 Å². The average molecular weight is 671 g/mol. The van der Waals surface area contributed by atoms with Gasteiger partial charge in [-0.3, -0.25) is 4.79 Å². The summed E-state index contributed by atoms with van der Waals surface area (Å²) in [5.74, 6) is 0.178. The van der Waals surface area contributed by atoms with Crippen LogP contribution < -0.4 is 34.9 Å². The van der Waals surface area contributed by atoms with Crippen molar-refractivity contribution >= 4 is 27.0 Å². The minimum absolute atomic E-state index is 0. The average Bonchev–Trinajstić information content (AvgIpc) is 3.71. The molecule has 0 radical (unpaired) electrons. The molecule has 0 aliphatic rings. The number of nitrogens with one attached hydrogen (secondary N) is 1. The van der Waals surface area contributed by atoms with Crippen molar-refractivity contribution in [2.45, 2.75) is 38.5 Å². The molecule has 240 valence electrons. The number of para-hydroxylation sites is 1. The molecule has 10 heteroatoms. The maximum Gasteiger partial charge on any atom is 1.00 e. The molecule has 1 atom stereocenters. The summed E-state index contributed by atoms with van der Waals surface area (Å²) in [5.41, 5.74) is 7.08. The maximum absolute atomic E-state index is 12.5. The van der Waals surface area contributed by atoms with Gasteiger partial charge in [-0.2, -0.15) is 0 Å². The number of carbonyl (C=O) groups is 1. The monoisotopic (exact) mass is 670 g/mol. The van der Waals surface area contributed by atoms with Crippen LogP contribution in [-0.2, 0) is 22.0 Å². The summed E-state index contributed by atoms with van der Waals surface area (Å²) >= 11 is 0. The van der Waals surface area contributed by atoms with Gasteiger partial charge in [-0.05, 0) is 58.9 Å². The van der Waals surface area contributed by atoms with Crippen LogP contribution in [0.15, 0.2) is 118 Å². The van der Waals surface area contributed by atoms with Crippen LogP contribution >= 0.6 is 0 Å². The molecule has 0 bridgehead atoms. The van der Waals surface area contributed by atoms with Crippen LogP contribution in [0.1, 0.15) is 59.4 Å². The van der Waals surface area contributed by atoms with Crippen molar-refractivity contribution < 1.29 is 56.3 Å². The van der Waals surface area contributed by atoms with Crippen molar-refractivity contribution in [3.05, 3.63) is 137 Å². The van der Waals surface area contributed by atoms with Gasteiger partial charge in [0.1, 0.15) is 11.3 Å². The van der Waals surface area contributed by atoms with Crippen LogP contribution in [0.25, 0.3) is 33.6 Å². The van der Waals surface area contributed by atoms with Crippen LogP contribution in [-0.4, -0.2) is 36.3 Å². The number of fused-ring (bicyclic) bond motifs is 1. The zero-order valence-corrected chi connectivity index (χ0v) is 30.2. The van der Waals surface area contributed by atoms with E-state index in [1.54, 1.807) is 12.1 Å². The summed E-state index contributed by atoms with van der Waals surface area (Å²) in [4.78, 5) is 12.5. The van der Waals surface area contributed by atoms with Crippen LogP contribution in [0, 0.1) is 0 Å². The van der Waals surface area contributed by atoms with E-state index in [1.165, 1.54) is 5.56 Å². The summed E-state index contributed by atoms with van der Waals surface area (Å²) in [5, 5.41) is 8.05. The topological polar surface area (TPSA) is 125 Å². The molecule has 6 aromatic rings. The molecule has 0 fully saturated rings. The van der Waals surface area contributed by atoms with Crippen molar-refractivity contribution in [2.24, 2.45) is 0 Å². The Labute approximate surface area is 302 Å². The minimum Gasteiger partial charge on any atom is -0.748 e. The van der Waals surface area contributed by atoms with Gasteiger partial charge >= 0.3 is 29.6 Å². The van der Waals surface area contributed by atoms with E-state index in [2.05, 4.69) is 55.5 Å². The van der Waals surface area contributed by atoms with E-state index < -0.39 is 21.8 Å². The second-order valence-corrected chi connectivity index (χ2v) is 14.2. The Morgan fingerprint density at radius 3 is 2.21 bits per heavy atom. The summed E-state index contributed by atoms with van der Waals surface area (Å²) in [7, 11) is -4.40. The molecule has 4 aromatic carbocycles. The van der Waals surface area contributed by atoms with E-state index in [1.807, 2.05) is 72.8 Å². The maximum atomic E-state index is 12.5. The van der Waals surface area contributed by atoms with Crippen molar-refractivity contribution in [1.82, 2.24) is 10.5 Å². The second kappa shape index (κ2) is 14.6. The molecule has 1 unspecified atom stereocenters. The van der Waals surface area contributed by atoms with Crippen molar-refractivity contribution in [1.29, 1.82) is 0 Å². The van der Waals surface area contributed by atoms with Gasteiger partial charge in [0.25, 0.3) is 5.91 Å². The van der Waals surface area contributed by atoms with Crippen LogP contribution in [0.4, 0.5) is 0 Å². The largest absolute Gasteiger partial charge is 1.00 e. The van der Waals surface area contributed by atoms with Gasteiger partial charge in [0.15, 0.2) is 5.76 Å². The molecule has 2 aromatic heterocycles. The SMILES string of the molecule is CC(C)(C)c1ccc(C(Cc2ccc(C(=O)NCCS(=O)(=O)[O-])cc2)c2cc(-c3cccc(-c4cc5ccccc5o4)c3)on2)cc1.[Na+]. The van der Waals surface area contributed by atoms with Crippen LogP contribution in [0.5, 0.6) is 0 Å². The molecule has 48 heavy (non-hydrogen) atoms. The fraction of sp³-hybridized carbons (Fsp3) is 0.211. The van der Waals surface area contributed by atoms with E-state index >= 15 is 0 Å². The fourth-order valence-electron chi connectivity index (χ4n) is 5.57. The van der Waals surface area contributed by atoms with Gasteiger partial charge in [-0.1, -0.05) is 98.7 Å². The Hall–Kier alpha value is -3.99. The molecular formula is C38H35N2NaO6S. The second-order valence-electron chi connectivity index (χ2n) is 12.7. The summed E-state index contributed by atoms with van der Waals surface area (Å²) in [6.45, 7) is 6.30. The fourth-order valence-corrected chi connectivity index (χ4v) is 5.92. The third-order valence-electron chi connectivity index (χ3n) is 8.22. The molecule has 2 heterocycles. The Balaban J connectivity index is 0.00000451. The smallest absolute Gasteiger partial charge is 0.748 e. The number of aromatic nitrogens is 1. The van der Waals surface area contributed by atoms with E-state index in [-0.39, 0.29) is 47.4 Å². The van der Waals surface area contributed by atoms with Crippen molar-refractivity contribution in [2.75, 3.05) is 12.3 Å². The molecule has 0 saturated heterocycles. The molecule has 1 amide bonds. The Morgan fingerprint density at radius 2 is 1.54 bits per heavy atom. The normalized spacial score (nSPS) is 12.4. The van der Waals surface area contributed by atoms with Gasteiger partial charge in [-0.15, -0.1) is 0 Å². The molecule has 1 N–H and O–H groups in total. The predicted octanol–water partition coefficient (Wildman–Crippen LogP) is 4.71. The number of benzene rings is 4. The van der Waals surface area contributed by atoms with Crippen molar-refractivity contribution in [3.63, 3.8) is 0 Å². The molecular weight excluding hydrogens is 635 g/mol. The first kappa shape index (κ1) is 35.3. The number of amides is 1. The Bertz CT molecular complexity index is 2100. The van der Waals surface area contributed by atoms with E-state index in [4.69, 9.17) is 8.94 Å². The first-order valence-electron chi connectivity index (χ1n) is 15.4. The molecule has 6 rings (SSSR count). The van der Waals surface area contributed by atoms with Crippen LogP contribution in [0.2, 0.25) is 0 Å². The summed E-state index contributed by atoms with van der Waals surface area (Å²) in [6.07, 6.45) is 0.593. The quantitative estimate of drug-likeness (QED) is 0.165. The molecule has 0 aliphatic carbocycles. The number of rotatable bonds is 10. The third kappa shape index (κ3) is 8.53. The van der Waals surface area contributed by atoms with Gasteiger partial charge in [-0.25, -0.2) is 8.42 Å². The van der Waals surface area contributed by atoms with E-state index in [0.717, 1.165) is 44.7 Å². The third-order valence-corrected chi connectivity index (χ3v) is 8.92. The predicted molar refractivity (Wildman–Crippen MR) is 181 cm³/mol. The van der Waals surface area contributed by atoms with Gasteiger partial charge in [0.05, 0.1) is 21.6 Å². The standard InChI is InChI=1S/C38H36N2O6S.Na/c1-38(2,3)31-17-15-26(16-18-31)32(21-25-11-13-27(14-12-25)37(41)39-19-20-47(42,43)44)33-24-36(46-40-33)29-9-6-8-28(22-29)35-23-30-7-4-5-10-34(30)45-35;/h4-18,22-24,32H,19-21H2,1-3H3,(H,39,41)(H,42,43,44);/q;+1/p-1. The molecule has 0 aliphatic heterocycles. The first-order chi connectivity index (χ1) is 22.4. The number of hydrogen-bond donors (Lipinski definition) is 1. The molecule has 8 nitrogen and oxygen atoms in total. The summed E-state index contributed by atoms with van der Waals surface area (Å²) in [6, 6.07) is 35.6. The van der Waals surface area contributed by atoms with Gasteiger partial charge in [0.2, 0.25) is 0 Å². The number of furan rings is 1. The number of nitrogens with zero attached hydrogens (tertiary/aromatic N) is 1. The van der Waals surface area contributed by atoms with E-state index in [9.17, 15) is 17.8 Å².